The van der Waals surface area contributed by atoms with E-state index in [0.29, 0.717) is 0 Å². The van der Waals surface area contributed by atoms with Gasteiger partial charge >= 0.3 is 0 Å². The van der Waals surface area contributed by atoms with E-state index in [0.717, 1.165) is 12.8 Å². The molecule has 0 radical (unpaired) electrons. The minimum atomic E-state index is 0.165. The van der Waals surface area contributed by atoms with Crippen LogP contribution in [0, 0.1) is 5.92 Å². The lowest BCUT2D eigenvalue weighted by Gasteiger charge is -2.15. The molecular formula is C12H17NOS. The lowest BCUT2D eigenvalue weighted by atomic mass is 10.1. The first-order valence-corrected chi connectivity index (χ1v) is 6.49. The fraction of sp³-hybridized carbons (Fsp3) is 0.583. The highest BCUT2D eigenvalue weighted by Crippen LogP contribution is 2.26. The van der Waals surface area contributed by atoms with Crippen LogP contribution in [0.25, 0.3) is 0 Å². The summed E-state index contributed by atoms with van der Waals surface area (Å²) >= 11 is 1.70. The van der Waals surface area contributed by atoms with Crippen LogP contribution >= 0.6 is 11.3 Å². The molecule has 0 spiro atoms. The Morgan fingerprint density at radius 3 is 2.87 bits per heavy atom. The predicted molar refractivity (Wildman–Crippen MR) is 62.8 cm³/mol. The number of thiophene rings is 1. The Kier molecular flexibility index (Phi) is 3.41. The molecule has 1 atom stereocenters. The summed E-state index contributed by atoms with van der Waals surface area (Å²) in [4.78, 5) is 13.1. The number of amides is 1. The molecule has 1 saturated carbocycles. The molecule has 2 rings (SSSR count). The number of carbonyl (C=O) groups is 1. The SMILES string of the molecule is CC(NC(=O)C1CCCC1)c1cccs1. The molecular weight excluding hydrogens is 206 g/mol. The highest BCUT2D eigenvalue weighted by molar-refractivity contribution is 7.10. The molecule has 1 aliphatic rings. The van der Waals surface area contributed by atoms with Gasteiger partial charge in [-0.1, -0.05) is 18.9 Å². The van der Waals surface area contributed by atoms with Crippen LogP contribution in [0.3, 0.4) is 0 Å². The number of hydrogen-bond donors (Lipinski definition) is 1. The molecule has 1 aliphatic carbocycles. The Balaban J connectivity index is 1.88. The topological polar surface area (TPSA) is 29.1 Å². The monoisotopic (exact) mass is 223 g/mol. The van der Waals surface area contributed by atoms with Crippen molar-refractivity contribution in [1.82, 2.24) is 5.32 Å². The minimum Gasteiger partial charge on any atom is -0.349 e. The summed E-state index contributed by atoms with van der Waals surface area (Å²) in [5.41, 5.74) is 0. The molecule has 15 heavy (non-hydrogen) atoms. The Morgan fingerprint density at radius 1 is 1.53 bits per heavy atom. The Labute approximate surface area is 94.7 Å². The van der Waals surface area contributed by atoms with Crippen molar-refractivity contribution in [2.45, 2.75) is 38.6 Å². The van der Waals surface area contributed by atoms with Crippen LogP contribution in [0.1, 0.15) is 43.5 Å². The molecule has 0 aliphatic heterocycles. The van der Waals surface area contributed by atoms with Gasteiger partial charge in [-0.25, -0.2) is 0 Å². The van der Waals surface area contributed by atoms with Crippen molar-refractivity contribution in [1.29, 1.82) is 0 Å². The van der Waals surface area contributed by atoms with E-state index in [2.05, 4.69) is 18.3 Å². The standard InChI is InChI=1S/C12H17NOS/c1-9(11-7-4-8-15-11)13-12(14)10-5-2-3-6-10/h4,7-10H,2-3,5-6H2,1H3,(H,13,14). The zero-order chi connectivity index (χ0) is 10.7. The summed E-state index contributed by atoms with van der Waals surface area (Å²) in [5.74, 6) is 0.515. The zero-order valence-corrected chi connectivity index (χ0v) is 9.85. The summed E-state index contributed by atoms with van der Waals surface area (Å²) in [6, 6.07) is 4.26. The van der Waals surface area contributed by atoms with Crippen molar-refractivity contribution >= 4 is 17.2 Å². The molecule has 1 aromatic heterocycles. The van der Waals surface area contributed by atoms with Gasteiger partial charge in [-0.3, -0.25) is 4.79 Å². The van der Waals surface area contributed by atoms with Gasteiger partial charge in [-0.2, -0.15) is 0 Å². The van der Waals surface area contributed by atoms with Crippen LogP contribution in [-0.2, 0) is 4.79 Å². The highest BCUT2D eigenvalue weighted by atomic mass is 32.1. The van der Waals surface area contributed by atoms with Crippen molar-refractivity contribution in [2.24, 2.45) is 5.92 Å². The Bertz CT molecular complexity index is 314. The van der Waals surface area contributed by atoms with Crippen LogP contribution in [0.4, 0.5) is 0 Å². The second kappa shape index (κ2) is 4.79. The predicted octanol–water partition coefficient (Wildman–Crippen LogP) is 3.12. The number of hydrogen-bond acceptors (Lipinski definition) is 2. The van der Waals surface area contributed by atoms with Crippen LogP contribution in [0.5, 0.6) is 0 Å². The number of carbonyl (C=O) groups excluding carboxylic acids is 1. The lowest BCUT2D eigenvalue weighted by molar-refractivity contribution is -0.125. The van der Waals surface area contributed by atoms with Gasteiger partial charge in [0.2, 0.25) is 5.91 Å². The maximum Gasteiger partial charge on any atom is 0.223 e. The van der Waals surface area contributed by atoms with E-state index in [1.54, 1.807) is 11.3 Å². The average molecular weight is 223 g/mol. The van der Waals surface area contributed by atoms with Crippen LogP contribution < -0.4 is 5.32 Å². The molecule has 1 fully saturated rings. The fourth-order valence-corrected chi connectivity index (χ4v) is 2.86. The third-order valence-electron chi connectivity index (χ3n) is 3.05. The Morgan fingerprint density at radius 2 is 2.27 bits per heavy atom. The maximum atomic E-state index is 11.8. The van der Waals surface area contributed by atoms with E-state index < -0.39 is 0 Å². The second-order valence-corrected chi connectivity index (χ2v) is 5.21. The van der Waals surface area contributed by atoms with Gasteiger partial charge in [0.25, 0.3) is 0 Å². The van der Waals surface area contributed by atoms with Gasteiger partial charge in [-0.15, -0.1) is 11.3 Å². The van der Waals surface area contributed by atoms with Gasteiger partial charge in [-0.05, 0) is 31.2 Å². The quantitative estimate of drug-likeness (QED) is 0.838. The van der Waals surface area contributed by atoms with E-state index in [9.17, 15) is 4.79 Å². The molecule has 1 heterocycles. The normalized spacial score (nSPS) is 19.0. The number of rotatable bonds is 3. The van der Waals surface area contributed by atoms with Crippen molar-refractivity contribution in [3.63, 3.8) is 0 Å². The first-order valence-electron chi connectivity index (χ1n) is 5.61. The smallest absolute Gasteiger partial charge is 0.223 e. The number of nitrogens with one attached hydrogen (secondary N) is 1. The van der Waals surface area contributed by atoms with Crippen LogP contribution in [-0.4, -0.2) is 5.91 Å². The van der Waals surface area contributed by atoms with Crippen LogP contribution in [0.2, 0.25) is 0 Å². The molecule has 1 amide bonds. The van der Waals surface area contributed by atoms with E-state index >= 15 is 0 Å². The molecule has 1 unspecified atom stereocenters. The van der Waals surface area contributed by atoms with Gasteiger partial charge in [0, 0.05) is 10.8 Å². The molecule has 1 N–H and O–H groups in total. The van der Waals surface area contributed by atoms with E-state index in [4.69, 9.17) is 0 Å². The third-order valence-corrected chi connectivity index (χ3v) is 4.11. The molecule has 2 nitrogen and oxygen atoms in total. The summed E-state index contributed by atoms with van der Waals surface area (Å²) in [5, 5.41) is 5.14. The highest BCUT2D eigenvalue weighted by Gasteiger charge is 2.23. The van der Waals surface area contributed by atoms with Crippen molar-refractivity contribution in [3.8, 4) is 0 Å². The first-order chi connectivity index (χ1) is 7.27. The largest absolute Gasteiger partial charge is 0.349 e. The summed E-state index contributed by atoms with van der Waals surface area (Å²) in [6.45, 7) is 2.05. The second-order valence-electron chi connectivity index (χ2n) is 4.23. The first kappa shape index (κ1) is 10.7. The van der Waals surface area contributed by atoms with Gasteiger partial charge in [0.1, 0.15) is 0 Å². The molecule has 0 saturated heterocycles. The molecule has 82 valence electrons. The lowest BCUT2D eigenvalue weighted by Crippen LogP contribution is -2.31. The molecule has 0 bridgehead atoms. The minimum absolute atomic E-state index is 0.165. The summed E-state index contributed by atoms with van der Waals surface area (Å²) < 4.78 is 0. The third kappa shape index (κ3) is 2.59. The summed E-state index contributed by atoms with van der Waals surface area (Å²) in [6.07, 6.45) is 4.57. The van der Waals surface area contributed by atoms with E-state index in [-0.39, 0.29) is 17.9 Å². The Hall–Kier alpha value is -0.830. The molecule has 1 aromatic rings. The van der Waals surface area contributed by atoms with Gasteiger partial charge in [0.15, 0.2) is 0 Å². The molecule has 3 heteroatoms. The summed E-state index contributed by atoms with van der Waals surface area (Å²) in [7, 11) is 0. The molecule has 0 aromatic carbocycles. The van der Waals surface area contributed by atoms with E-state index in [1.165, 1.54) is 17.7 Å². The van der Waals surface area contributed by atoms with Crippen molar-refractivity contribution in [3.05, 3.63) is 22.4 Å². The van der Waals surface area contributed by atoms with Crippen LogP contribution in [0.15, 0.2) is 17.5 Å². The average Bonchev–Trinajstić information content (AvgIpc) is 2.91. The van der Waals surface area contributed by atoms with Crippen molar-refractivity contribution < 1.29 is 4.79 Å². The van der Waals surface area contributed by atoms with Gasteiger partial charge in [0.05, 0.1) is 6.04 Å². The fourth-order valence-electron chi connectivity index (χ4n) is 2.13. The van der Waals surface area contributed by atoms with E-state index in [1.807, 2.05) is 11.4 Å². The zero-order valence-electron chi connectivity index (χ0n) is 9.03. The van der Waals surface area contributed by atoms with Gasteiger partial charge < -0.3 is 5.32 Å². The maximum absolute atomic E-state index is 11.8. The van der Waals surface area contributed by atoms with Crippen molar-refractivity contribution in [2.75, 3.05) is 0 Å².